The molecule has 1 aliphatic heterocycles. The lowest BCUT2D eigenvalue weighted by Gasteiger charge is -2.23. The van der Waals surface area contributed by atoms with Crippen molar-refractivity contribution < 1.29 is 9.59 Å². The first-order chi connectivity index (χ1) is 8.16. The van der Waals surface area contributed by atoms with Crippen LogP contribution in [-0.4, -0.2) is 30.9 Å². The number of primary amides is 1. The number of amides is 2. The molecule has 2 rings (SSSR count). The van der Waals surface area contributed by atoms with Crippen LogP contribution < -0.4 is 16.4 Å². The summed E-state index contributed by atoms with van der Waals surface area (Å²) < 4.78 is 0. The van der Waals surface area contributed by atoms with Gasteiger partial charge in [0.1, 0.15) is 0 Å². The van der Waals surface area contributed by atoms with E-state index in [4.69, 9.17) is 5.73 Å². The molecular formula is C11H15N3O2S. The van der Waals surface area contributed by atoms with Gasteiger partial charge in [0.15, 0.2) is 0 Å². The largest absolute Gasteiger partial charge is 0.365 e. The van der Waals surface area contributed by atoms with E-state index in [-0.39, 0.29) is 11.9 Å². The van der Waals surface area contributed by atoms with Crippen LogP contribution in [0.25, 0.3) is 0 Å². The second-order valence-corrected chi connectivity index (χ2v) is 5.13. The summed E-state index contributed by atoms with van der Waals surface area (Å²) in [5.41, 5.74) is 5.14. The van der Waals surface area contributed by atoms with Gasteiger partial charge in [-0.15, -0.1) is 11.3 Å². The van der Waals surface area contributed by atoms with Gasteiger partial charge in [0.25, 0.3) is 11.8 Å². The van der Waals surface area contributed by atoms with Crippen molar-refractivity contribution in [2.45, 2.75) is 18.9 Å². The fourth-order valence-electron chi connectivity index (χ4n) is 1.82. The Morgan fingerprint density at radius 1 is 1.41 bits per heavy atom. The number of piperidine rings is 1. The Morgan fingerprint density at radius 3 is 2.76 bits per heavy atom. The SMILES string of the molecule is NC(=O)c1ccc(C(=O)N[C@H]2CCCNC2)s1. The number of carbonyl (C=O) groups excluding carboxylic acids is 2. The van der Waals surface area contributed by atoms with Crippen LogP contribution in [0.3, 0.4) is 0 Å². The van der Waals surface area contributed by atoms with Gasteiger partial charge < -0.3 is 16.4 Å². The van der Waals surface area contributed by atoms with Gasteiger partial charge in [-0.3, -0.25) is 9.59 Å². The highest BCUT2D eigenvalue weighted by Crippen LogP contribution is 2.16. The highest BCUT2D eigenvalue weighted by Gasteiger charge is 2.18. The predicted octanol–water partition coefficient (Wildman–Crippen LogP) is 0.329. The molecule has 0 spiro atoms. The van der Waals surface area contributed by atoms with Crippen molar-refractivity contribution in [1.29, 1.82) is 0 Å². The summed E-state index contributed by atoms with van der Waals surface area (Å²) >= 11 is 1.13. The summed E-state index contributed by atoms with van der Waals surface area (Å²) in [7, 11) is 0. The maximum absolute atomic E-state index is 11.9. The molecule has 17 heavy (non-hydrogen) atoms. The third kappa shape index (κ3) is 3.04. The number of nitrogens with two attached hydrogens (primary N) is 1. The number of rotatable bonds is 3. The van der Waals surface area contributed by atoms with Crippen LogP contribution in [0.2, 0.25) is 0 Å². The fraction of sp³-hybridized carbons (Fsp3) is 0.455. The molecule has 92 valence electrons. The molecule has 1 aromatic rings. The van der Waals surface area contributed by atoms with Crippen molar-refractivity contribution in [3.8, 4) is 0 Å². The lowest BCUT2D eigenvalue weighted by molar-refractivity contribution is 0.0934. The quantitative estimate of drug-likeness (QED) is 0.725. The molecule has 0 unspecified atom stereocenters. The zero-order valence-electron chi connectivity index (χ0n) is 9.36. The molecule has 0 radical (unpaired) electrons. The Hall–Kier alpha value is -1.40. The maximum Gasteiger partial charge on any atom is 0.261 e. The molecule has 6 heteroatoms. The standard InChI is InChI=1S/C11H15N3O2S/c12-10(15)8-3-4-9(17-8)11(16)14-7-2-1-5-13-6-7/h3-4,7,13H,1-2,5-6H2,(H2,12,15)(H,14,16)/t7-/m0/s1. The zero-order chi connectivity index (χ0) is 12.3. The van der Waals surface area contributed by atoms with Crippen molar-refractivity contribution in [1.82, 2.24) is 10.6 Å². The third-order valence-electron chi connectivity index (χ3n) is 2.70. The van der Waals surface area contributed by atoms with Crippen LogP contribution in [-0.2, 0) is 0 Å². The average Bonchev–Trinajstić information content (AvgIpc) is 2.79. The molecule has 0 aliphatic carbocycles. The first-order valence-electron chi connectivity index (χ1n) is 5.58. The van der Waals surface area contributed by atoms with Gasteiger partial charge in [0, 0.05) is 12.6 Å². The van der Waals surface area contributed by atoms with E-state index in [1.54, 1.807) is 12.1 Å². The predicted molar refractivity (Wildman–Crippen MR) is 66.2 cm³/mol. The van der Waals surface area contributed by atoms with Gasteiger partial charge >= 0.3 is 0 Å². The minimum atomic E-state index is -0.492. The van der Waals surface area contributed by atoms with Gasteiger partial charge in [-0.2, -0.15) is 0 Å². The van der Waals surface area contributed by atoms with Crippen LogP contribution in [0.4, 0.5) is 0 Å². The third-order valence-corrected chi connectivity index (χ3v) is 3.80. The lowest BCUT2D eigenvalue weighted by atomic mass is 10.1. The number of thiophene rings is 1. The lowest BCUT2D eigenvalue weighted by Crippen LogP contribution is -2.45. The van der Waals surface area contributed by atoms with Crippen molar-refractivity contribution >= 4 is 23.2 Å². The first kappa shape index (κ1) is 12.1. The normalized spacial score (nSPS) is 19.9. The van der Waals surface area contributed by atoms with Gasteiger partial charge in [-0.25, -0.2) is 0 Å². The van der Waals surface area contributed by atoms with Gasteiger partial charge in [-0.1, -0.05) is 0 Å². The smallest absolute Gasteiger partial charge is 0.261 e. The number of nitrogens with one attached hydrogen (secondary N) is 2. The van der Waals surface area contributed by atoms with E-state index in [0.717, 1.165) is 37.3 Å². The van der Waals surface area contributed by atoms with E-state index in [1.165, 1.54) is 0 Å². The van der Waals surface area contributed by atoms with E-state index in [2.05, 4.69) is 10.6 Å². The summed E-state index contributed by atoms with van der Waals surface area (Å²) in [5, 5.41) is 6.17. The number of carbonyl (C=O) groups is 2. The van der Waals surface area contributed by atoms with Gasteiger partial charge in [0.2, 0.25) is 0 Å². The van der Waals surface area contributed by atoms with E-state index in [9.17, 15) is 9.59 Å². The minimum Gasteiger partial charge on any atom is -0.365 e. The van der Waals surface area contributed by atoms with E-state index < -0.39 is 5.91 Å². The Labute approximate surface area is 103 Å². The molecule has 1 atom stereocenters. The Kier molecular flexibility index (Phi) is 3.75. The summed E-state index contributed by atoms with van der Waals surface area (Å²) in [6.45, 7) is 1.82. The van der Waals surface area contributed by atoms with Crippen molar-refractivity contribution in [3.63, 3.8) is 0 Å². The van der Waals surface area contributed by atoms with Crippen LogP contribution in [0.1, 0.15) is 32.2 Å². The van der Waals surface area contributed by atoms with Crippen LogP contribution in [0.5, 0.6) is 0 Å². The Bertz CT molecular complexity index is 424. The zero-order valence-corrected chi connectivity index (χ0v) is 10.2. The van der Waals surface area contributed by atoms with Crippen molar-refractivity contribution in [3.05, 3.63) is 21.9 Å². The van der Waals surface area contributed by atoms with Crippen LogP contribution in [0.15, 0.2) is 12.1 Å². The van der Waals surface area contributed by atoms with Crippen LogP contribution >= 0.6 is 11.3 Å². The second-order valence-electron chi connectivity index (χ2n) is 4.04. The second kappa shape index (κ2) is 5.29. The summed E-state index contributed by atoms with van der Waals surface area (Å²) in [6.07, 6.45) is 2.06. The highest BCUT2D eigenvalue weighted by atomic mass is 32.1. The molecule has 1 fully saturated rings. The fourth-order valence-corrected chi connectivity index (χ4v) is 2.59. The topological polar surface area (TPSA) is 84.2 Å². The number of hydrogen-bond acceptors (Lipinski definition) is 4. The monoisotopic (exact) mass is 253 g/mol. The van der Waals surface area contributed by atoms with Crippen LogP contribution in [0, 0.1) is 0 Å². The molecule has 1 saturated heterocycles. The van der Waals surface area contributed by atoms with Gasteiger partial charge in [-0.05, 0) is 31.5 Å². The van der Waals surface area contributed by atoms with E-state index in [0.29, 0.717) is 9.75 Å². The first-order valence-corrected chi connectivity index (χ1v) is 6.39. The summed E-state index contributed by atoms with van der Waals surface area (Å²) in [6, 6.07) is 3.40. The summed E-state index contributed by atoms with van der Waals surface area (Å²) in [5.74, 6) is -0.621. The Balaban J connectivity index is 1.96. The Morgan fingerprint density at radius 2 is 2.18 bits per heavy atom. The highest BCUT2D eigenvalue weighted by molar-refractivity contribution is 7.15. The molecule has 2 heterocycles. The van der Waals surface area contributed by atoms with Crippen molar-refractivity contribution in [2.24, 2.45) is 5.73 Å². The van der Waals surface area contributed by atoms with E-state index >= 15 is 0 Å². The van der Waals surface area contributed by atoms with E-state index in [1.807, 2.05) is 0 Å². The average molecular weight is 253 g/mol. The molecule has 0 saturated carbocycles. The van der Waals surface area contributed by atoms with Gasteiger partial charge in [0.05, 0.1) is 9.75 Å². The number of hydrogen-bond donors (Lipinski definition) is 3. The molecule has 5 nitrogen and oxygen atoms in total. The molecule has 4 N–H and O–H groups in total. The van der Waals surface area contributed by atoms with Crippen molar-refractivity contribution in [2.75, 3.05) is 13.1 Å². The molecular weight excluding hydrogens is 238 g/mol. The minimum absolute atomic E-state index is 0.129. The summed E-state index contributed by atoms with van der Waals surface area (Å²) in [4.78, 5) is 23.7. The molecule has 0 bridgehead atoms. The molecule has 0 aromatic carbocycles. The maximum atomic E-state index is 11.9. The molecule has 2 amide bonds. The molecule has 1 aromatic heterocycles. The molecule has 1 aliphatic rings.